The van der Waals surface area contributed by atoms with Crippen LogP contribution in [-0.2, 0) is 4.79 Å². The number of aldehydes is 1. The third-order valence-electron chi connectivity index (χ3n) is 3.88. The minimum absolute atomic E-state index is 0.0931. The Morgan fingerprint density at radius 1 is 1.07 bits per heavy atom. The molecule has 28 heavy (non-hydrogen) atoms. The van der Waals surface area contributed by atoms with E-state index in [1.807, 2.05) is 6.07 Å². The van der Waals surface area contributed by atoms with Crippen molar-refractivity contribution in [3.63, 3.8) is 0 Å². The number of hydrogen-bond acceptors (Lipinski definition) is 6. The number of fused-ring (bicyclic) bond motifs is 1. The number of pyridine rings is 1. The van der Waals surface area contributed by atoms with E-state index in [1.165, 1.54) is 0 Å². The van der Waals surface area contributed by atoms with Crippen LogP contribution in [0, 0.1) is 0 Å². The number of hydrogen-bond donors (Lipinski definition) is 0. The van der Waals surface area contributed by atoms with Crippen LogP contribution in [0.4, 0.5) is 0 Å². The first-order chi connectivity index (χ1) is 13.6. The van der Waals surface area contributed by atoms with E-state index in [0.717, 1.165) is 5.56 Å². The van der Waals surface area contributed by atoms with Gasteiger partial charge in [0.1, 0.15) is 23.8 Å². The fourth-order valence-corrected chi connectivity index (χ4v) is 2.92. The molecule has 0 N–H and O–H groups in total. The Hall–Kier alpha value is -3.09. The fraction of sp³-hybridized carbons (Fsp3) is 0.0500. The molecule has 0 fully saturated rings. The van der Waals surface area contributed by atoms with Gasteiger partial charge in [-0.25, -0.2) is 4.98 Å². The number of halogens is 2. The zero-order valence-corrected chi connectivity index (χ0v) is 15.8. The maximum atomic E-state index is 10.5. The maximum Gasteiger partial charge on any atom is 0.219 e. The van der Waals surface area contributed by atoms with Crippen molar-refractivity contribution in [1.82, 2.24) is 10.1 Å². The lowest BCUT2D eigenvalue weighted by atomic mass is 10.1. The molecular weight excluding hydrogens is 403 g/mol. The second-order valence-corrected chi connectivity index (χ2v) is 6.57. The first-order valence-electron chi connectivity index (χ1n) is 8.19. The second kappa shape index (κ2) is 7.88. The van der Waals surface area contributed by atoms with Crippen LogP contribution in [0.3, 0.4) is 0 Å². The lowest BCUT2D eigenvalue weighted by molar-refractivity contribution is -0.109. The Balaban J connectivity index is 1.62. The number of aromatic nitrogens is 2. The van der Waals surface area contributed by atoms with Crippen molar-refractivity contribution in [3.8, 4) is 28.6 Å². The summed E-state index contributed by atoms with van der Waals surface area (Å²) in [6, 6.07) is 13.8. The number of nitrogens with zero attached hydrogens (tertiary/aromatic N) is 2. The molecule has 0 amide bonds. The van der Waals surface area contributed by atoms with E-state index in [2.05, 4.69) is 10.1 Å². The highest BCUT2D eigenvalue weighted by Crippen LogP contribution is 2.35. The van der Waals surface area contributed by atoms with Crippen LogP contribution >= 0.6 is 23.2 Å². The summed E-state index contributed by atoms with van der Waals surface area (Å²) < 4.78 is 16.4. The SMILES string of the molecule is O=CCOc1cc2c(-c3ccc(Oc4ccc(Cl)cc4)nc3)noc2cc1Cl. The average molecular weight is 415 g/mol. The Kier molecular flexibility index (Phi) is 5.14. The highest BCUT2D eigenvalue weighted by atomic mass is 35.5. The van der Waals surface area contributed by atoms with Gasteiger partial charge >= 0.3 is 0 Å². The van der Waals surface area contributed by atoms with E-state index < -0.39 is 0 Å². The molecule has 0 unspecified atom stereocenters. The molecule has 0 aliphatic carbocycles. The Morgan fingerprint density at radius 2 is 1.89 bits per heavy atom. The van der Waals surface area contributed by atoms with Crippen LogP contribution < -0.4 is 9.47 Å². The van der Waals surface area contributed by atoms with Crippen LogP contribution in [0.2, 0.25) is 10.0 Å². The largest absolute Gasteiger partial charge is 0.485 e. The molecule has 0 saturated heterocycles. The van der Waals surface area contributed by atoms with Crippen molar-refractivity contribution < 1.29 is 18.8 Å². The molecule has 4 aromatic rings. The summed E-state index contributed by atoms with van der Waals surface area (Å²) in [7, 11) is 0. The first kappa shape index (κ1) is 18.3. The zero-order valence-electron chi connectivity index (χ0n) is 14.3. The van der Waals surface area contributed by atoms with Crippen molar-refractivity contribution in [3.05, 3.63) is 64.8 Å². The predicted molar refractivity (Wildman–Crippen MR) is 105 cm³/mol. The van der Waals surface area contributed by atoms with Gasteiger partial charge in [0.25, 0.3) is 0 Å². The fourth-order valence-electron chi connectivity index (χ4n) is 2.59. The van der Waals surface area contributed by atoms with Crippen molar-refractivity contribution in [2.45, 2.75) is 0 Å². The van der Waals surface area contributed by atoms with Gasteiger partial charge in [-0.1, -0.05) is 28.4 Å². The molecule has 0 bridgehead atoms. The summed E-state index contributed by atoms with van der Waals surface area (Å²) in [5.41, 5.74) is 1.80. The van der Waals surface area contributed by atoms with Gasteiger partial charge in [-0.15, -0.1) is 0 Å². The standard InChI is InChI=1S/C20H12Cl2N2O4/c21-13-2-4-14(5-3-13)27-19-6-1-12(11-23-19)20-15-9-18(26-8-7-25)16(22)10-17(15)28-24-20/h1-7,9-11H,8H2. The average Bonchev–Trinajstić information content (AvgIpc) is 3.11. The van der Waals surface area contributed by atoms with Crippen LogP contribution in [0.1, 0.15) is 0 Å². The molecule has 4 rings (SSSR count). The quantitative estimate of drug-likeness (QED) is 0.384. The third kappa shape index (κ3) is 3.78. The molecule has 2 aromatic heterocycles. The molecule has 0 radical (unpaired) electrons. The van der Waals surface area contributed by atoms with Gasteiger partial charge in [-0.3, -0.25) is 4.79 Å². The molecule has 0 saturated carbocycles. The molecular formula is C20H12Cl2N2O4. The van der Waals surface area contributed by atoms with Crippen LogP contribution in [-0.4, -0.2) is 23.0 Å². The van der Waals surface area contributed by atoms with Gasteiger partial charge in [0, 0.05) is 28.9 Å². The Morgan fingerprint density at radius 3 is 2.61 bits per heavy atom. The van der Waals surface area contributed by atoms with Gasteiger partial charge < -0.3 is 14.0 Å². The van der Waals surface area contributed by atoms with Crippen molar-refractivity contribution in [2.24, 2.45) is 0 Å². The maximum absolute atomic E-state index is 10.5. The van der Waals surface area contributed by atoms with E-state index in [0.29, 0.717) is 50.4 Å². The third-order valence-corrected chi connectivity index (χ3v) is 4.42. The number of ether oxygens (including phenoxy) is 2. The monoisotopic (exact) mass is 414 g/mol. The molecule has 140 valence electrons. The molecule has 0 aliphatic heterocycles. The highest BCUT2D eigenvalue weighted by molar-refractivity contribution is 6.33. The van der Waals surface area contributed by atoms with E-state index in [-0.39, 0.29) is 6.61 Å². The molecule has 6 nitrogen and oxygen atoms in total. The number of benzene rings is 2. The van der Waals surface area contributed by atoms with Crippen LogP contribution in [0.5, 0.6) is 17.4 Å². The summed E-state index contributed by atoms with van der Waals surface area (Å²) in [5, 5.41) is 5.76. The van der Waals surface area contributed by atoms with Gasteiger partial charge in [0.2, 0.25) is 5.88 Å². The van der Waals surface area contributed by atoms with Gasteiger partial charge in [0.05, 0.1) is 10.4 Å². The number of rotatable bonds is 6. The molecule has 8 heteroatoms. The Bertz CT molecular complexity index is 1130. The Labute approximate surface area is 169 Å². The summed E-state index contributed by atoms with van der Waals surface area (Å²) >= 11 is 12.0. The second-order valence-electron chi connectivity index (χ2n) is 5.73. The molecule has 0 aliphatic rings. The normalized spacial score (nSPS) is 10.8. The summed E-state index contributed by atoms with van der Waals surface area (Å²) in [4.78, 5) is 14.9. The van der Waals surface area contributed by atoms with E-state index in [4.69, 9.17) is 37.2 Å². The van der Waals surface area contributed by atoms with Crippen molar-refractivity contribution in [1.29, 1.82) is 0 Å². The number of carbonyl (C=O) groups excluding carboxylic acids is 1. The summed E-state index contributed by atoms with van der Waals surface area (Å²) in [6.07, 6.45) is 2.28. The molecule has 0 atom stereocenters. The van der Waals surface area contributed by atoms with E-state index in [1.54, 1.807) is 48.7 Å². The van der Waals surface area contributed by atoms with Gasteiger partial charge in [-0.05, 0) is 36.4 Å². The predicted octanol–water partition coefficient (Wildman–Crippen LogP) is 5.57. The van der Waals surface area contributed by atoms with Gasteiger partial charge in [0.15, 0.2) is 11.9 Å². The van der Waals surface area contributed by atoms with E-state index >= 15 is 0 Å². The molecule has 0 spiro atoms. The zero-order chi connectivity index (χ0) is 19.5. The van der Waals surface area contributed by atoms with E-state index in [9.17, 15) is 4.79 Å². The van der Waals surface area contributed by atoms with Crippen LogP contribution in [0.15, 0.2) is 59.3 Å². The first-order valence-corrected chi connectivity index (χ1v) is 8.95. The lowest BCUT2D eigenvalue weighted by Crippen LogP contribution is -1.98. The summed E-state index contributed by atoms with van der Waals surface area (Å²) in [5.74, 6) is 1.43. The highest BCUT2D eigenvalue weighted by Gasteiger charge is 2.15. The summed E-state index contributed by atoms with van der Waals surface area (Å²) in [6.45, 7) is -0.0931. The number of carbonyl (C=O) groups is 1. The van der Waals surface area contributed by atoms with Crippen molar-refractivity contribution >= 4 is 40.5 Å². The smallest absolute Gasteiger partial charge is 0.219 e. The lowest BCUT2D eigenvalue weighted by Gasteiger charge is -2.06. The topological polar surface area (TPSA) is 74.5 Å². The minimum Gasteiger partial charge on any atom is -0.485 e. The molecule has 2 aromatic carbocycles. The van der Waals surface area contributed by atoms with Gasteiger partial charge in [-0.2, -0.15) is 0 Å². The van der Waals surface area contributed by atoms with Crippen molar-refractivity contribution in [2.75, 3.05) is 6.61 Å². The minimum atomic E-state index is -0.0931. The van der Waals surface area contributed by atoms with Crippen LogP contribution in [0.25, 0.3) is 22.2 Å². The molecule has 2 heterocycles.